The molecule has 0 atom stereocenters. The third-order valence-corrected chi connectivity index (χ3v) is 1.58. The fourth-order valence-corrected chi connectivity index (χ4v) is 0.983. The van der Waals surface area contributed by atoms with Gasteiger partial charge in [0.05, 0.1) is 11.1 Å². The molecule has 0 radical (unpaired) electrons. The molecule has 15 heavy (non-hydrogen) atoms. The molecule has 0 aliphatic rings. The molecule has 0 rings (SSSR count). The first-order chi connectivity index (χ1) is 6.88. The maximum Gasteiger partial charge on any atom is 0.163 e. The van der Waals surface area contributed by atoms with Crippen molar-refractivity contribution in [2.24, 2.45) is 0 Å². The van der Waals surface area contributed by atoms with Crippen molar-refractivity contribution in [3.05, 3.63) is 23.4 Å². The number of hydrogen-bond donors (Lipinski definition) is 0. The van der Waals surface area contributed by atoms with Gasteiger partial charge in [-0.3, -0.25) is 9.59 Å². The number of nitriles is 1. The number of nitrogens with zero attached hydrogens (tertiary/aromatic N) is 2. The number of ketones is 2. The van der Waals surface area contributed by atoms with Gasteiger partial charge in [0.1, 0.15) is 6.07 Å². The van der Waals surface area contributed by atoms with E-state index in [-0.39, 0.29) is 22.7 Å². The van der Waals surface area contributed by atoms with Crippen LogP contribution in [0.2, 0.25) is 0 Å². The first-order valence-electron chi connectivity index (χ1n) is 4.40. The van der Waals surface area contributed by atoms with E-state index in [9.17, 15) is 9.59 Å². The van der Waals surface area contributed by atoms with Crippen molar-refractivity contribution in [1.29, 1.82) is 5.26 Å². The number of carbonyl (C=O) groups excluding carboxylic acids is 2. The highest BCUT2D eigenvalue weighted by molar-refractivity contribution is 6.18. The van der Waals surface area contributed by atoms with E-state index in [1.165, 1.54) is 19.9 Å². The van der Waals surface area contributed by atoms with Crippen molar-refractivity contribution in [2.45, 2.75) is 13.8 Å². The van der Waals surface area contributed by atoms with E-state index < -0.39 is 0 Å². The zero-order valence-corrected chi connectivity index (χ0v) is 9.37. The predicted octanol–water partition coefficient (Wildman–Crippen LogP) is 1.06. The van der Waals surface area contributed by atoms with Crippen molar-refractivity contribution in [3.63, 3.8) is 0 Å². The van der Waals surface area contributed by atoms with Crippen LogP contribution in [0.15, 0.2) is 23.4 Å². The van der Waals surface area contributed by atoms with Gasteiger partial charge in [-0.15, -0.1) is 0 Å². The van der Waals surface area contributed by atoms with Crippen LogP contribution in [0.25, 0.3) is 0 Å². The predicted molar refractivity (Wildman–Crippen MR) is 56.8 cm³/mol. The second-order valence-corrected chi connectivity index (χ2v) is 3.33. The second kappa shape index (κ2) is 5.76. The van der Waals surface area contributed by atoms with E-state index in [1.54, 1.807) is 25.2 Å². The fraction of sp³-hybridized carbons (Fsp3) is 0.364. The highest BCUT2D eigenvalue weighted by Gasteiger charge is 2.09. The van der Waals surface area contributed by atoms with Gasteiger partial charge < -0.3 is 4.90 Å². The van der Waals surface area contributed by atoms with Crippen LogP contribution in [0.5, 0.6) is 0 Å². The fourth-order valence-electron chi connectivity index (χ4n) is 0.983. The number of Topliss-reactive ketones (excluding diaryl/α,β-unsaturated/α-hetero) is 2. The monoisotopic (exact) mass is 206 g/mol. The van der Waals surface area contributed by atoms with Crippen LogP contribution in [0.1, 0.15) is 13.8 Å². The molecule has 4 nitrogen and oxygen atoms in total. The normalized spacial score (nSPS) is 10.2. The first kappa shape index (κ1) is 13.1. The van der Waals surface area contributed by atoms with Crippen molar-refractivity contribution in [2.75, 3.05) is 14.1 Å². The molecule has 0 spiro atoms. The number of allylic oxidation sites excluding steroid dienone is 3. The summed E-state index contributed by atoms with van der Waals surface area (Å²) in [6, 6.07) is 1.91. The van der Waals surface area contributed by atoms with E-state index in [4.69, 9.17) is 5.26 Å². The second-order valence-electron chi connectivity index (χ2n) is 3.33. The van der Waals surface area contributed by atoms with Gasteiger partial charge >= 0.3 is 0 Å². The van der Waals surface area contributed by atoms with Gasteiger partial charge in [-0.25, -0.2) is 0 Å². The van der Waals surface area contributed by atoms with Crippen LogP contribution < -0.4 is 0 Å². The van der Waals surface area contributed by atoms with Crippen LogP contribution in [-0.4, -0.2) is 30.6 Å². The maximum atomic E-state index is 11.1. The molecule has 0 aromatic rings. The summed E-state index contributed by atoms with van der Waals surface area (Å²) in [6.07, 6.45) is 2.86. The molecule has 0 saturated heterocycles. The summed E-state index contributed by atoms with van der Waals surface area (Å²) < 4.78 is 0. The lowest BCUT2D eigenvalue weighted by Gasteiger charge is -2.04. The van der Waals surface area contributed by atoms with E-state index >= 15 is 0 Å². The minimum Gasteiger partial charge on any atom is -0.382 e. The molecule has 4 heteroatoms. The van der Waals surface area contributed by atoms with Gasteiger partial charge in [0.25, 0.3) is 0 Å². The number of hydrogen-bond acceptors (Lipinski definition) is 4. The van der Waals surface area contributed by atoms with Crippen LogP contribution in [0.3, 0.4) is 0 Å². The van der Waals surface area contributed by atoms with Gasteiger partial charge in [0.2, 0.25) is 0 Å². The van der Waals surface area contributed by atoms with Gasteiger partial charge in [-0.05, 0) is 19.9 Å². The van der Waals surface area contributed by atoms with E-state index in [0.29, 0.717) is 0 Å². The molecule has 0 aromatic heterocycles. The van der Waals surface area contributed by atoms with Gasteiger partial charge in [0, 0.05) is 20.3 Å². The summed E-state index contributed by atoms with van der Waals surface area (Å²) in [5.41, 5.74) is 0.324. The average molecular weight is 206 g/mol. The molecule has 0 aliphatic carbocycles. The lowest BCUT2D eigenvalue weighted by molar-refractivity contribution is -0.119. The molecule has 0 aromatic carbocycles. The number of rotatable bonds is 4. The Balaban J connectivity index is 5.22. The Kier molecular flexibility index (Phi) is 5.03. The Labute approximate surface area is 89.5 Å². The summed E-state index contributed by atoms with van der Waals surface area (Å²) in [5.74, 6) is -0.662. The third kappa shape index (κ3) is 4.77. The molecule has 0 heterocycles. The molecule has 0 amide bonds. The third-order valence-electron chi connectivity index (χ3n) is 1.58. The first-order valence-corrected chi connectivity index (χ1v) is 4.40. The van der Waals surface area contributed by atoms with E-state index in [2.05, 4.69) is 0 Å². The Hall–Kier alpha value is -1.89. The lowest BCUT2D eigenvalue weighted by atomic mass is 10.1. The topological polar surface area (TPSA) is 61.2 Å². The molecule has 80 valence electrons. The Morgan fingerprint density at radius 2 is 1.67 bits per heavy atom. The van der Waals surface area contributed by atoms with Crippen LogP contribution >= 0.6 is 0 Å². The Morgan fingerprint density at radius 3 is 1.93 bits per heavy atom. The van der Waals surface area contributed by atoms with Crippen molar-refractivity contribution < 1.29 is 9.59 Å². The van der Waals surface area contributed by atoms with E-state index in [0.717, 1.165) is 0 Å². The summed E-state index contributed by atoms with van der Waals surface area (Å²) in [6.45, 7) is 2.61. The molecular weight excluding hydrogens is 192 g/mol. The van der Waals surface area contributed by atoms with Crippen molar-refractivity contribution in [3.8, 4) is 6.07 Å². The van der Waals surface area contributed by atoms with Gasteiger partial charge in [-0.2, -0.15) is 5.26 Å². The molecule has 0 fully saturated rings. The molecule has 0 bridgehead atoms. The molecule has 0 unspecified atom stereocenters. The van der Waals surface area contributed by atoms with Crippen LogP contribution in [0, 0.1) is 11.3 Å². The smallest absolute Gasteiger partial charge is 0.163 e. The molecule has 0 N–H and O–H groups in total. The quantitative estimate of drug-likeness (QED) is 0.227. The van der Waals surface area contributed by atoms with Crippen LogP contribution in [0.4, 0.5) is 0 Å². The molecular formula is C11H14N2O2. The minimum atomic E-state index is -0.331. The molecule has 0 aliphatic heterocycles. The summed E-state index contributed by atoms with van der Waals surface area (Å²) in [7, 11) is 3.51. The average Bonchev–Trinajstić information content (AvgIpc) is 2.10. The summed E-state index contributed by atoms with van der Waals surface area (Å²) >= 11 is 0. The van der Waals surface area contributed by atoms with E-state index in [1.807, 2.05) is 6.07 Å². The minimum absolute atomic E-state index is 0.0460. The van der Waals surface area contributed by atoms with Crippen molar-refractivity contribution >= 4 is 11.6 Å². The highest BCUT2D eigenvalue weighted by atomic mass is 16.1. The SMILES string of the molecule is CC(=O)C(=C/C(C#N)=C\N(C)C)C(C)=O. The number of carbonyl (C=O) groups is 2. The highest BCUT2D eigenvalue weighted by Crippen LogP contribution is 2.05. The Morgan fingerprint density at radius 1 is 1.20 bits per heavy atom. The summed E-state index contributed by atoms with van der Waals surface area (Å²) in [5, 5.41) is 8.78. The maximum absolute atomic E-state index is 11.1. The van der Waals surface area contributed by atoms with Crippen molar-refractivity contribution in [1.82, 2.24) is 4.90 Å². The standard InChI is InChI=1S/C11H14N2O2/c1-8(14)11(9(2)15)5-10(6-12)7-13(3)4/h5,7H,1-4H3/b10-7+. The Bertz CT molecular complexity index is 355. The zero-order valence-electron chi connectivity index (χ0n) is 9.37. The summed E-state index contributed by atoms with van der Waals surface area (Å²) in [4.78, 5) is 23.8. The lowest BCUT2D eigenvalue weighted by Crippen LogP contribution is -2.07. The molecule has 0 saturated carbocycles. The van der Waals surface area contributed by atoms with Gasteiger partial charge in [-0.1, -0.05) is 0 Å². The van der Waals surface area contributed by atoms with Crippen LogP contribution in [-0.2, 0) is 9.59 Å². The zero-order chi connectivity index (χ0) is 12.0. The van der Waals surface area contributed by atoms with Gasteiger partial charge in [0.15, 0.2) is 11.6 Å². The largest absolute Gasteiger partial charge is 0.382 e.